The van der Waals surface area contributed by atoms with Crippen LogP contribution in [-0.4, -0.2) is 99.3 Å². The standard InChI is InChI=1S/C17H26FN3O4S/c18-15-2-1-3-17(12-15)26(23,24)21-6-4-19(5-7-21)13-16(22)14-20-8-10-25-11-9-20/h1-3,12,16,22H,4-11,13-14H2/t16-/m0/s1. The Balaban J connectivity index is 1.49. The van der Waals surface area contributed by atoms with Crippen LogP contribution in [0.2, 0.25) is 0 Å². The predicted molar refractivity (Wildman–Crippen MR) is 94.9 cm³/mol. The largest absolute Gasteiger partial charge is 0.390 e. The number of aliphatic hydroxyl groups is 1. The summed E-state index contributed by atoms with van der Waals surface area (Å²) in [5, 5.41) is 10.3. The van der Waals surface area contributed by atoms with Gasteiger partial charge in [0.25, 0.3) is 0 Å². The summed E-state index contributed by atoms with van der Waals surface area (Å²) in [7, 11) is -3.68. The van der Waals surface area contributed by atoms with Gasteiger partial charge in [-0.25, -0.2) is 12.8 Å². The van der Waals surface area contributed by atoms with Crippen LogP contribution in [-0.2, 0) is 14.8 Å². The smallest absolute Gasteiger partial charge is 0.243 e. The van der Waals surface area contributed by atoms with Crippen molar-refractivity contribution in [3.8, 4) is 0 Å². The molecule has 0 bridgehead atoms. The molecule has 0 aliphatic carbocycles. The number of aliphatic hydroxyl groups excluding tert-OH is 1. The van der Waals surface area contributed by atoms with Crippen LogP contribution >= 0.6 is 0 Å². The average molecular weight is 387 g/mol. The van der Waals surface area contributed by atoms with Gasteiger partial charge in [0.2, 0.25) is 10.0 Å². The van der Waals surface area contributed by atoms with Gasteiger partial charge in [-0.15, -0.1) is 0 Å². The van der Waals surface area contributed by atoms with Gasteiger partial charge in [-0.1, -0.05) is 6.07 Å². The van der Waals surface area contributed by atoms with Crippen LogP contribution in [0.15, 0.2) is 29.2 Å². The number of ether oxygens (including phenoxy) is 1. The Bertz CT molecular complexity index is 689. The van der Waals surface area contributed by atoms with Crippen molar-refractivity contribution in [2.24, 2.45) is 0 Å². The van der Waals surface area contributed by atoms with Gasteiger partial charge in [-0.3, -0.25) is 9.80 Å². The molecule has 1 atom stereocenters. The van der Waals surface area contributed by atoms with Crippen molar-refractivity contribution in [2.75, 3.05) is 65.6 Å². The van der Waals surface area contributed by atoms with E-state index in [1.807, 2.05) is 0 Å². The Morgan fingerprint density at radius 2 is 1.65 bits per heavy atom. The van der Waals surface area contributed by atoms with Gasteiger partial charge in [0.1, 0.15) is 5.82 Å². The van der Waals surface area contributed by atoms with Crippen molar-refractivity contribution in [3.63, 3.8) is 0 Å². The maximum atomic E-state index is 13.3. The van der Waals surface area contributed by atoms with Crippen LogP contribution in [0.3, 0.4) is 0 Å². The van der Waals surface area contributed by atoms with E-state index >= 15 is 0 Å². The molecule has 2 saturated heterocycles. The van der Waals surface area contributed by atoms with Crippen molar-refractivity contribution < 1.29 is 22.7 Å². The topological polar surface area (TPSA) is 73.3 Å². The number of β-amino-alcohol motifs (C(OH)–C–C–N with tert-alkyl or cyclic N) is 1. The molecule has 7 nitrogen and oxygen atoms in total. The van der Waals surface area contributed by atoms with Crippen LogP contribution in [0.5, 0.6) is 0 Å². The van der Waals surface area contributed by atoms with E-state index in [4.69, 9.17) is 4.74 Å². The second-order valence-corrected chi connectivity index (χ2v) is 8.67. The number of hydrogen-bond acceptors (Lipinski definition) is 6. The molecule has 1 aromatic rings. The molecule has 0 aromatic heterocycles. The second-order valence-electron chi connectivity index (χ2n) is 6.73. The Morgan fingerprint density at radius 1 is 1.04 bits per heavy atom. The van der Waals surface area contributed by atoms with E-state index in [2.05, 4.69) is 9.80 Å². The van der Waals surface area contributed by atoms with Crippen LogP contribution in [0.1, 0.15) is 0 Å². The summed E-state index contributed by atoms with van der Waals surface area (Å²) in [6, 6.07) is 5.10. The molecular weight excluding hydrogens is 361 g/mol. The highest BCUT2D eigenvalue weighted by atomic mass is 32.2. The monoisotopic (exact) mass is 387 g/mol. The van der Waals surface area contributed by atoms with E-state index in [0.29, 0.717) is 52.5 Å². The highest BCUT2D eigenvalue weighted by Crippen LogP contribution is 2.18. The number of morpholine rings is 1. The van der Waals surface area contributed by atoms with Crippen LogP contribution in [0, 0.1) is 5.82 Å². The van der Waals surface area contributed by atoms with Gasteiger partial charge >= 0.3 is 0 Å². The molecule has 1 aromatic carbocycles. The first-order chi connectivity index (χ1) is 12.4. The third-order valence-electron chi connectivity index (χ3n) is 4.81. The molecule has 9 heteroatoms. The summed E-state index contributed by atoms with van der Waals surface area (Å²) in [4.78, 5) is 4.24. The highest BCUT2D eigenvalue weighted by Gasteiger charge is 2.29. The number of nitrogens with zero attached hydrogens (tertiary/aromatic N) is 3. The molecular formula is C17H26FN3O4S. The molecule has 146 valence electrons. The Morgan fingerprint density at radius 3 is 2.27 bits per heavy atom. The van der Waals surface area contributed by atoms with E-state index < -0.39 is 21.9 Å². The molecule has 26 heavy (non-hydrogen) atoms. The first kappa shape index (κ1) is 19.7. The molecule has 1 N–H and O–H groups in total. The number of piperazine rings is 1. The number of halogens is 1. The summed E-state index contributed by atoms with van der Waals surface area (Å²) in [5.74, 6) is -0.559. The van der Waals surface area contributed by atoms with Crippen molar-refractivity contribution >= 4 is 10.0 Å². The zero-order valence-corrected chi connectivity index (χ0v) is 15.6. The minimum atomic E-state index is -3.68. The molecule has 3 rings (SSSR count). The zero-order valence-electron chi connectivity index (χ0n) is 14.8. The molecule has 0 amide bonds. The van der Waals surface area contributed by atoms with E-state index in [1.54, 1.807) is 0 Å². The molecule has 0 spiro atoms. The van der Waals surface area contributed by atoms with Crippen molar-refractivity contribution in [1.82, 2.24) is 14.1 Å². The number of rotatable bonds is 6. The Hall–Kier alpha value is -1.10. The fraction of sp³-hybridized carbons (Fsp3) is 0.647. The van der Waals surface area contributed by atoms with Gasteiger partial charge in [-0.05, 0) is 18.2 Å². The normalized spacial score (nSPS) is 22.4. The van der Waals surface area contributed by atoms with Gasteiger partial charge in [0, 0.05) is 52.4 Å². The predicted octanol–water partition coefficient (Wildman–Crippen LogP) is -0.175. The van der Waals surface area contributed by atoms with Crippen LogP contribution in [0.4, 0.5) is 4.39 Å². The molecule has 2 aliphatic heterocycles. The van der Waals surface area contributed by atoms with Gasteiger partial charge in [-0.2, -0.15) is 4.31 Å². The quantitative estimate of drug-likeness (QED) is 0.731. The van der Waals surface area contributed by atoms with Gasteiger partial charge in [0.15, 0.2) is 0 Å². The minimum Gasteiger partial charge on any atom is -0.390 e. The number of benzene rings is 1. The summed E-state index contributed by atoms with van der Waals surface area (Å²) in [6.07, 6.45) is -0.473. The maximum Gasteiger partial charge on any atom is 0.243 e. The molecule has 0 radical (unpaired) electrons. The lowest BCUT2D eigenvalue weighted by molar-refractivity contribution is 0.00469. The third kappa shape index (κ3) is 4.99. The van der Waals surface area contributed by atoms with Crippen molar-refractivity contribution in [3.05, 3.63) is 30.1 Å². The first-order valence-corrected chi connectivity index (χ1v) is 10.4. The fourth-order valence-corrected chi connectivity index (χ4v) is 4.82. The summed E-state index contributed by atoms with van der Waals surface area (Å²) >= 11 is 0. The molecule has 2 heterocycles. The lowest BCUT2D eigenvalue weighted by Crippen LogP contribution is -2.52. The molecule has 0 unspecified atom stereocenters. The molecule has 2 fully saturated rings. The maximum absolute atomic E-state index is 13.3. The second kappa shape index (κ2) is 8.73. The SMILES string of the molecule is O=S(=O)(c1cccc(F)c1)N1CCN(C[C@H](O)CN2CCOCC2)CC1. The lowest BCUT2D eigenvalue weighted by Gasteiger charge is -2.36. The van der Waals surface area contributed by atoms with Crippen LogP contribution < -0.4 is 0 Å². The fourth-order valence-electron chi connectivity index (χ4n) is 3.37. The lowest BCUT2D eigenvalue weighted by atomic mass is 10.2. The number of sulfonamides is 1. The summed E-state index contributed by atoms with van der Waals surface area (Å²) in [5.41, 5.74) is 0. The zero-order chi connectivity index (χ0) is 18.6. The first-order valence-electron chi connectivity index (χ1n) is 8.91. The van der Waals surface area contributed by atoms with Crippen molar-refractivity contribution in [1.29, 1.82) is 0 Å². The Labute approximate surface area is 154 Å². The van der Waals surface area contributed by atoms with E-state index in [1.165, 1.54) is 22.5 Å². The van der Waals surface area contributed by atoms with Gasteiger partial charge < -0.3 is 9.84 Å². The van der Waals surface area contributed by atoms with Crippen molar-refractivity contribution in [2.45, 2.75) is 11.0 Å². The number of hydrogen-bond donors (Lipinski definition) is 1. The minimum absolute atomic E-state index is 0.0155. The highest BCUT2D eigenvalue weighted by molar-refractivity contribution is 7.89. The molecule has 2 aliphatic rings. The molecule has 0 saturated carbocycles. The van der Waals surface area contributed by atoms with E-state index in [0.717, 1.165) is 19.2 Å². The van der Waals surface area contributed by atoms with E-state index in [-0.39, 0.29) is 4.90 Å². The van der Waals surface area contributed by atoms with Gasteiger partial charge in [0.05, 0.1) is 24.2 Å². The Kier molecular flexibility index (Phi) is 6.60. The average Bonchev–Trinajstić information content (AvgIpc) is 2.63. The summed E-state index contributed by atoms with van der Waals surface area (Å²) < 4.78 is 45.2. The third-order valence-corrected chi connectivity index (χ3v) is 6.70. The van der Waals surface area contributed by atoms with Crippen LogP contribution in [0.25, 0.3) is 0 Å². The van der Waals surface area contributed by atoms with E-state index in [9.17, 15) is 17.9 Å². The summed E-state index contributed by atoms with van der Waals surface area (Å²) in [6.45, 7) is 5.95.